The summed E-state index contributed by atoms with van der Waals surface area (Å²) in [6, 6.07) is 0.240. The van der Waals surface area contributed by atoms with Gasteiger partial charge in [0.1, 0.15) is 29.2 Å². The summed E-state index contributed by atoms with van der Waals surface area (Å²) >= 11 is 1.76. The van der Waals surface area contributed by atoms with Crippen LogP contribution < -0.4 is 5.73 Å². The molecule has 0 aromatic carbocycles. The van der Waals surface area contributed by atoms with Gasteiger partial charge in [-0.1, -0.05) is 0 Å². The first-order valence-corrected chi connectivity index (χ1v) is 4.03. The summed E-state index contributed by atoms with van der Waals surface area (Å²) in [5.74, 6) is 0. The van der Waals surface area contributed by atoms with E-state index in [4.69, 9.17) is 8.80 Å². The van der Waals surface area contributed by atoms with Crippen molar-refractivity contribution in [2.24, 2.45) is 5.73 Å². The fourth-order valence-electron chi connectivity index (χ4n) is 0.954. The van der Waals surface area contributed by atoms with Gasteiger partial charge in [0.2, 0.25) is 0 Å². The van der Waals surface area contributed by atoms with E-state index >= 15 is 0 Å². The maximum absolute atomic E-state index is 9.23. The summed E-state index contributed by atoms with van der Waals surface area (Å²) in [6.45, 7) is 1.91. The van der Waals surface area contributed by atoms with Gasteiger partial charge in [-0.15, -0.1) is 0 Å². The van der Waals surface area contributed by atoms with Gasteiger partial charge in [0.05, 0.1) is 6.61 Å². The molecule has 1 fully saturated rings. The van der Waals surface area contributed by atoms with E-state index in [1.165, 1.54) is 0 Å². The van der Waals surface area contributed by atoms with E-state index in [0.29, 0.717) is 6.61 Å². The Bertz CT molecular complexity index is 105. The van der Waals surface area contributed by atoms with Crippen LogP contribution in [0.3, 0.4) is 0 Å². The maximum atomic E-state index is 9.23. The monoisotopic (exact) mass is 258 g/mol. The number of nitrogens with zero attached hydrogens (tertiary/aromatic N) is 1. The normalized spacial score (nSPS) is 24.3. The van der Waals surface area contributed by atoms with E-state index in [1.807, 2.05) is 4.90 Å². The number of nitrogens with two attached hydrogens (primary N) is 1. The number of aliphatic hydroxyl groups excluding tert-OH is 1. The molecule has 10 heavy (non-hydrogen) atoms. The van der Waals surface area contributed by atoms with Gasteiger partial charge < -0.3 is 13.9 Å². The zero-order valence-corrected chi connectivity index (χ0v) is 7.69. The van der Waals surface area contributed by atoms with Crippen molar-refractivity contribution in [3.63, 3.8) is 0 Å². The van der Waals surface area contributed by atoms with Gasteiger partial charge in [0, 0.05) is 19.1 Å². The van der Waals surface area contributed by atoms with Crippen LogP contribution in [0.1, 0.15) is 0 Å². The van der Waals surface area contributed by atoms with Crippen molar-refractivity contribution in [3.05, 3.63) is 0 Å². The molecule has 5 heteroatoms. The van der Waals surface area contributed by atoms with Crippen molar-refractivity contribution in [2.75, 3.05) is 19.7 Å². The van der Waals surface area contributed by atoms with Crippen molar-refractivity contribution < 1.29 is 8.17 Å². The molecule has 4 nitrogen and oxygen atoms in total. The second-order valence-electron chi connectivity index (χ2n) is 2.47. The Labute approximate surface area is 74.0 Å². The minimum absolute atomic E-state index is 0.240. The molecule has 0 spiro atoms. The number of hydrogen-bond acceptors (Lipinski definition) is 4. The molecule has 1 atom stereocenters. The van der Waals surface area contributed by atoms with Gasteiger partial charge in [-0.3, -0.25) is 4.90 Å². The van der Waals surface area contributed by atoms with Gasteiger partial charge in [0.15, 0.2) is 0 Å². The van der Waals surface area contributed by atoms with E-state index in [-0.39, 0.29) is 6.04 Å². The Kier molecular flexibility index (Phi) is 3.31. The molecule has 1 rings (SSSR count). The summed E-state index contributed by atoms with van der Waals surface area (Å²) in [4.78, 5) is 1.88. The van der Waals surface area contributed by atoms with Crippen molar-refractivity contribution in [1.29, 1.82) is 0 Å². The first kappa shape index (κ1) is 8.66. The van der Waals surface area contributed by atoms with E-state index in [1.54, 1.807) is 23.0 Å². The molecule has 0 aromatic heterocycles. The first-order valence-electron chi connectivity index (χ1n) is 3.15. The Morgan fingerprint density at radius 3 is 2.80 bits per heavy atom. The number of likely N-dealkylation sites (tertiary alicyclic amines) is 1. The molecule has 1 saturated heterocycles. The number of aliphatic hydroxyl groups is 1. The third kappa shape index (κ3) is 2.03. The maximum Gasteiger partial charge on any atom is 0.132 e. The van der Waals surface area contributed by atoms with Gasteiger partial charge in [-0.2, -0.15) is 0 Å². The van der Waals surface area contributed by atoms with Crippen molar-refractivity contribution in [3.8, 4) is 0 Å². The lowest BCUT2D eigenvalue weighted by Crippen LogP contribution is -2.60. The molecular formula is C5H11IN2O2. The quantitative estimate of drug-likeness (QED) is 0.658. The molecule has 0 aliphatic carbocycles. The molecule has 1 heterocycles. The predicted molar refractivity (Wildman–Crippen MR) is 45.5 cm³/mol. The highest BCUT2D eigenvalue weighted by Crippen LogP contribution is 2.09. The summed E-state index contributed by atoms with van der Waals surface area (Å²) in [5.41, 5.74) is 5.51. The van der Waals surface area contributed by atoms with Crippen LogP contribution in [0, 0.1) is 0 Å². The Morgan fingerprint density at radius 2 is 2.40 bits per heavy atom. The summed E-state index contributed by atoms with van der Waals surface area (Å²) in [7, 11) is 0. The molecule has 0 bridgehead atoms. The largest absolute Gasteiger partial charge is 0.376 e. The zero-order valence-electron chi connectivity index (χ0n) is 5.53. The average molecular weight is 258 g/mol. The van der Waals surface area contributed by atoms with Crippen molar-refractivity contribution in [1.82, 2.24) is 4.90 Å². The van der Waals surface area contributed by atoms with Crippen LogP contribution in [0.15, 0.2) is 0 Å². The minimum atomic E-state index is -0.475. The molecule has 3 N–H and O–H groups in total. The van der Waals surface area contributed by atoms with Crippen LogP contribution in [-0.2, 0) is 3.07 Å². The van der Waals surface area contributed by atoms with Crippen LogP contribution in [0.25, 0.3) is 0 Å². The minimum Gasteiger partial charge on any atom is -0.376 e. The molecule has 0 saturated carbocycles. The lowest BCUT2D eigenvalue weighted by atomic mass is 10.1. The van der Waals surface area contributed by atoms with Gasteiger partial charge in [-0.25, -0.2) is 0 Å². The highest BCUT2D eigenvalue weighted by atomic mass is 127. The summed E-state index contributed by atoms with van der Waals surface area (Å²) in [5, 5.41) is 9.23. The molecule has 0 radical (unpaired) electrons. The topological polar surface area (TPSA) is 58.7 Å². The van der Waals surface area contributed by atoms with Gasteiger partial charge in [0.25, 0.3) is 0 Å². The van der Waals surface area contributed by atoms with Crippen molar-refractivity contribution >= 4 is 23.0 Å². The van der Waals surface area contributed by atoms with E-state index in [0.717, 1.165) is 13.1 Å². The molecule has 0 aromatic rings. The number of rotatable bonds is 3. The van der Waals surface area contributed by atoms with E-state index in [9.17, 15) is 5.11 Å². The fourth-order valence-corrected chi connectivity index (χ4v) is 1.28. The Balaban J connectivity index is 2.11. The smallest absolute Gasteiger partial charge is 0.132 e. The lowest BCUT2D eigenvalue weighted by molar-refractivity contribution is -0.0602. The number of hydrogen-bond donors (Lipinski definition) is 2. The second-order valence-corrected chi connectivity index (χ2v) is 3.09. The molecule has 1 aliphatic rings. The van der Waals surface area contributed by atoms with Crippen LogP contribution >= 0.6 is 23.0 Å². The molecule has 1 unspecified atom stereocenters. The van der Waals surface area contributed by atoms with Gasteiger partial charge >= 0.3 is 0 Å². The van der Waals surface area contributed by atoms with Crippen LogP contribution in [0.4, 0.5) is 0 Å². The molecule has 1 aliphatic heterocycles. The van der Waals surface area contributed by atoms with Crippen LogP contribution in [0.2, 0.25) is 0 Å². The van der Waals surface area contributed by atoms with E-state index < -0.39 is 6.23 Å². The SMILES string of the molecule is NC1CN(C(O)COI)C1. The van der Waals surface area contributed by atoms with E-state index in [2.05, 4.69) is 0 Å². The van der Waals surface area contributed by atoms with Crippen LogP contribution in [0.5, 0.6) is 0 Å². The third-order valence-electron chi connectivity index (χ3n) is 1.57. The van der Waals surface area contributed by atoms with Crippen molar-refractivity contribution in [2.45, 2.75) is 12.3 Å². The third-order valence-corrected chi connectivity index (χ3v) is 1.93. The summed E-state index contributed by atoms with van der Waals surface area (Å²) in [6.07, 6.45) is -0.475. The summed E-state index contributed by atoms with van der Waals surface area (Å²) < 4.78 is 4.73. The molecule has 0 amide bonds. The van der Waals surface area contributed by atoms with Crippen LogP contribution in [-0.4, -0.2) is 42.0 Å². The molecule has 60 valence electrons. The first-order chi connectivity index (χ1) is 4.74. The zero-order chi connectivity index (χ0) is 7.56. The second kappa shape index (κ2) is 3.82. The predicted octanol–water partition coefficient (Wildman–Crippen LogP) is -0.686. The Morgan fingerprint density at radius 1 is 1.80 bits per heavy atom. The van der Waals surface area contributed by atoms with Gasteiger partial charge in [-0.05, 0) is 0 Å². The number of halogens is 1. The standard InChI is InChI=1S/C5H11IN2O2/c6-10-3-5(9)8-1-4(7)2-8/h4-5,9H,1-3,7H2. The lowest BCUT2D eigenvalue weighted by Gasteiger charge is -2.39. The Hall–Kier alpha value is 0.570. The average Bonchev–Trinajstić information content (AvgIpc) is 1.82. The highest BCUT2D eigenvalue weighted by Gasteiger charge is 2.28. The fraction of sp³-hybridized carbons (Fsp3) is 1.00. The highest BCUT2D eigenvalue weighted by molar-refractivity contribution is 14.1. The molecular weight excluding hydrogens is 247 g/mol.